The summed E-state index contributed by atoms with van der Waals surface area (Å²) in [5, 5.41) is 13.9. The van der Waals surface area contributed by atoms with Gasteiger partial charge in [0.2, 0.25) is 0 Å². The Morgan fingerprint density at radius 1 is 0.960 bits per heavy atom. The number of pyridine rings is 1. The van der Waals surface area contributed by atoms with Crippen LogP contribution in [0.5, 0.6) is 5.75 Å². The van der Waals surface area contributed by atoms with Crippen LogP contribution in [0.25, 0.3) is 21.3 Å². The third kappa shape index (κ3) is 6.47. The van der Waals surface area contributed by atoms with Crippen LogP contribution < -0.4 is 15.0 Å². The van der Waals surface area contributed by atoms with E-state index in [0.717, 1.165) is 50.4 Å². The monoisotopic (exact) mass is 686 g/mol. The van der Waals surface area contributed by atoms with Gasteiger partial charge in [-0.1, -0.05) is 61.6 Å². The van der Waals surface area contributed by atoms with Gasteiger partial charge in [0.05, 0.1) is 16.8 Å². The molecule has 256 valence electrons. The number of fused-ring (bicyclic) bond motifs is 4. The molecule has 0 radical (unpaired) electrons. The quantitative estimate of drug-likeness (QED) is 0.168. The highest BCUT2D eigenvalue weighted by atomic mass is 32.1. The Morgan fingerprint density at radius 3 is 2.56 bits per heavy atom. The van der Waals surface area contributed by atoms with Gasteiger partial charge in [-0.3, -0.25) is 10.1 Å². The summed E-state index contributed by atoms with van der Waals surface area (Å²) in [6.45, 7) is 6.55. The molecule has 0 saturated heterocycles. The van der Waals surface area contributed by atoms with Gasteiger partial charge < -0.3 is 14.7 Å². The Balaban J connectivity index is 1.01. The summed E-state index contributed by atoms with van der Waals surface area (Å²) >= 11 is 1.44. The molecule has 2 atom stereocenters. The highest BCUT2D eigenvalue weighted by Crippen LogP contribution is 2.53. The molecule has 2 bridgehead atoms. The zero-order valence-electron chi connectivity index (χ0n) is 28.5. The van der Waals surface area contributed by atoms with Crippen LogP contribution in [0.15, 0.2) is 78.9 Å². The lowest BCUT2D eigenvalue weighted by atomic mass is 9.57. The molecule has 50 heavy (non-hydrogen) atoms. The molecule has 2 aliphatic carbocycles. The number of amides is 1. The van der Waals surface area contributed by atoms with Crippen LogP contribution in [-0.2, 0) is 13.0 Å². The summed E-state index contributed by atoms with van der Waals surface area (Å²) in [6, 6.07) is 25.1. The second kappa shape index (κ2) is 13.2. The molecule has 2 saturated carbocycles. The number of hydrogen-bond donors (Lipinski definition) is 2. The molecule has 1 aliphatic heterocycles. The number of rotatable bonds is 8. The van der Waals surface area contributed by atoms with E-state index in [-0.39, 0.29) is 17.0 Å². The maximum Gasteiger partial charge on any atom is 0.355 e. The van der Waals surface area contributed by atoms with Crippen molar-refractivity contribution >= 4 is 44.4 Å². The van der Waals surface area contributed by atoms with Crippen LogP contribution in [0.4, 0.5) is 10.9 Å². The van der Waals surface area contributed by atoms with Crippen molar-refractivity contribution in [3.05, 3.63) is 101 Å². The SMILES string of the molecule is CC1CC2CC(C)CC(COc3cccc(-c4ccc(N5CCc6cccc(C(=O)Nc7nc8ccccc8s7)c6C5)nc4C(=O)O)c3)(C1)C2. The van der Waals surface area contributed by atoms with Crippen LogP contribution >= 0.6 is 11.3 Å². The smallest absolute Gasteiger partial charge is 0.355 e. The maximum absolute atomic E-state index is 13.5. The highest BCUT2D eigenvalue weighted by molar-refractivity contribution is 7.22. The lowest BCUT2D eigenvalue weighted by Crippen LogP contribution is -2.42. The van der Waals surface area contributed by atoms with E-state index in [4.69, 9.17) is 9.72 Å². The Bertz CT molecular complexity index is 2040. The standard InChI is InChI=1S/C41H42N4O4S/c1-25-17-27-18-26(2)21-41(20-25,22-27)24-49-30-9-5-8-29(19-30)31-13-14-36(43-37(31)39(47)48)45-16-15-28-7-6-10-32(33(28)23-45)38(46)44-40-42-34-11-3-4-12-35(34)50-40/h3-14,19,25-27H,15-18,20-24H2,1-2H3,(H,47,48)(H,42,44,46). The number of carbonyl (C=O) groups is 2. The number of thiazole rings is 1. The van der Waals surface area contributed by atoms with Crippen molar-refractivity contribution < 1.29 is 19.4 Å². The summed E-state index contributed by atoms with van der Waals surface area (Å²) < 4.78 is 7.52. The Labute approximate surface area is 296 Å². The lowest BCUT2D eigenvalue weighted by Gasteiger charge is -2.49. The van der Waals surface area contributed by atoms with Crippen molar-refractivity contribution in [1.82, 2.24) is 9.97 Å². The molecule has 5 aromatic rings. The van der Waals surface area contributed by atoms with Crippen molar-refractivity contribution in [3.63, 3.8) is 0 Å². The zero-order valence-corrected chi connectivity index (χ0v) is 29.3. The predicted octanol–water partition coefficient (Wildman–Crippen LogP) is 9.10. The minimum atomic E-state index is -1.08. The lowest BCUT2D eigenvalue weighted by molar-refractivity contribution is -0.0164. The predicted molar refractivity (Wildman–Crippen MR) is 198 cm³/mol. The first-order valence-electron chi connectivity index (χ1n) is 17.7. The topological polar surface area (TPSA) is 105 Å². The average molecular weight is 687 g/mol. The van der Waals surface area contributed by atoms with Crippen LogP contribution in [0.1, 0.15) is 77.9 Å². The molecule has 3 heterocycles. The summed E-state index contributed by atoms with van der Waals surface area (Å²) in [7, 11) is 0. The van der Waals surface area contributed by atoms with E-state index < -0.39 is 5.97 Å². The number of aromatic nitrogens is 2. The van der Waals surface area contributed by atoms with E-state index in [1.165, 1.54) is 43.4 Å². The van der Waals surface area contributed by atoms with Gasteiger partial charge in [-0.2, -0.15) is 0 Å². The number of ether oxygens (including phenoxy) is 1. The van der Waals surface area contributed by atoms with Gasteiger partial charge in [-0.25, -0.2) is 14.8 Å². The largest absolute Gasteiger partial charge is 0.493 e. The summed E-state index contributed by atoms with van der Waals surface area (Å²) in [5.41, 5.74) is 4.98. The van der Waals surface area contributed by atoms with Gasteiger partial charge in [-0.05, 0) is 115 Å². The molecule has 0 spiro atoms. The summed E-state index contributed by atoms with van der Waals surface area (Å²) in [5.74, 6) is 2.27. The summed E-state index contributed by atoms with van der Waals surface area (Å²) in [4.78, 5) is 37.5. The molecule has 3 aromatic carbocycles. The van der Waals surface area contributed by atoms with Crippen molar-refractivity contribution in [2.24, 2.45) is 23.2 Å². The van der Waals surface area contributed by atoms with E-state index in [0.29, 0.717) is 48.2 Å². The molecular weight excluding hydrogens is 645 g/mol. The Kier molecular flexibility index (Phi) is 8.55. The number of nitrogens with one attached hydrogen (secondary N) is 1. The summed E-state index contributed by atoms with van der Waals surface area (Å²) in [6.07, 6.45) is 7.02. The highest BCUT2D eigenvalue weighted by Gasteiger charge is 2.44. The van der Waals surface area contributed by atoms with E-state index >= 15 is 0 Å². The Morgan fingerprint density at radius 2 is 1.76 bits per heavy atom. The number of hydrogen-bond acceptors (Lipinski definition) is 7. The fourth-order valence-corrected chi connectivity index (χ4v) is 10.0. The van der Waals surface area contributed by atoms with Gasteiger partial charge >= 0.3 is 5.97 Å². The first kappa shape index (κ1) is 32.4. The molecule has 2 fully saturated rings. The minimum Gasteiger partial charge on any atom is -0.493 e. The van der Waals surface area contributed by atoms with Gasteiger partial charge in [0, 0.05) is 29.6 Å². The number of carboxylic acid groups (broad SMARTS) is 1. The second-order valence-corrected chi connectivity index (χ2v) is 15.9. The normalized spacial score (nSPS) is 22.9. The van der Waals surface area contributed by atoms with Gasteiger partial charge in [0.1, 0.15) is 11.6 Å². The number of nitrogens with zero attached hydrogens (tertiary/aromatic N) is 3. The second-order valence-electron chi connectivity index (χ2n) is 14.9. The molecule has 2 aromatic heterocycles. The van der Waals surface area contributed by atoms with Gasteiger partial charge in [0.15, 0.2) is 10.8 Å². The third-order valence-electron chi connectivity index (χ3n) is 10.9. The van der Waals surface area contributed by atoms with Gasteiger partial charge in [0.25, 0.3) is 5.91 Å². The van der Waals surface area contributed by atoms with E-state index in [2.05, 4.69) is 35.1 Å². The first-order valence-corrected chi connectivity index (χ1v) is 18.5. The number of carbonyl (C=O) groups excluding carboxylic acids is 1. The molecule has 3 aliphatic rings. The van der Waals surface area contributed by atoms with Crippen LogP contribution in [0.2, 0.25) is 0 Å². The average Bonchev–Trinajstić information content (AvgIpc) is 3.52. The van der Waals surface area contributed by atoms with E-state index in [1.807, 2.05) is 72.8 Å². The van der Waals surface area contributed by atoms with Crippen LogP contribution in [0, 0.1) is 23.2 Å². The van der Waals surface area contributed by atoms with Crippen LogP contribution in [0.3, 0.4) is 0 Å². The third-order valence-corrected chi connectivity index (χ3v) is 11.8. The van der Waals surface area contributed by atoms with Crippen molar-refractivity contribution in [3.8, 4) is 16.9 Å². The van der Waals surface area contributed by atoms with Crippen molar-refractivity contribution in [2.75, 3.05) is 23.4 Å². The number of anilines is 2. The fourth-order valence-electron chi connectivity index (χ4n) is 9.18. The molecule has 8 nitrogen and oxygen atoms in total. The van der Waals surface area contributed by atoms with Crippen LogP contribution in [-0.4, -0.2) is 40.1 Å². The number of carboxylic acids is 1. The number of para-hydroxylation sites is 1. The molecular formula is C41H42N4O4S. The number of benzene rings is 3. The molecule has 2 N–H and O–H groups in total. The Hall–Kier alpha value is -4.76. The van der Waals surface area contributed by atoms with Gasteiger partial charge in [-0.15, -0.1) is 0 Å². The molecule has 9 heteroatoms. The first-order chi connectivity index (χ1) is 24.2. The minimum absolute atomic E-state index is 0.00374. The number of aromatic carboxylic acids is 1. The molecule has 2 unspecified atom stereocenters. The van der Waals surface area contributed by atoms with E-state index in [9.17, 15) is 14.7 Å². The maximum atomic E-state index is 13.5. The zero-order chi connectivity index (χ0) is 34.4. The van der Waals surface area contributed by atoms with E-state index in [1.54, 1.807) is 0 Å². The molecule has 1 amide bonds. The molecule has 8 rings (SSSR count). The fraction of sp³-hybridized carbons (Fsp3) is 0.366. The van der Waals surface area contributed by atoms with Crippen molar-refractivity contribution in [1.29, 1.82) is 0 Å². The van der Waals surface area contributed by atoms with Crippen molar-refractivity contribution in [2.45, 2.75) is 58.9 Å².